The second kappa shape index (κ2) is 3.78. The highest BCUT2D eigenvalue weighted by atomic mass is 15.1. The molecule has 4 nitrogen and oxygen atoms in total. The minimum absolute atomic E-state index is 0.619. The first-order valence-corrected chi connectivity index (χ1v) is 5.01. The lowest BCUT2D eigenvalue weighted by atomic mass is 10.2. The molecule has 0 saturated heterocycles. The predicted molar refractivity (Wildman–Crippen MR) is 60.3 cm³/mol. The molecule has 2 rings (SSSR count). The smallest absolute Gasteiger partial charge is 0.139 e. The van der Waals surface area contributed by atoms with Gasteiger partial charge in [0.05, 0.1) is 17.3 Å². The summed E-state index contributed by atoms with van der Waals surface area (Å²) in [6.45, 7) is 5.81. The first-order valence-electron chi connectivity index (χ1n) is 5.01. The number of aryl methyl sites for hydroxylation is 2. The van der Waals surface area contributed by atoms with Crippen molar-refractivity contribution in [3.63, 3.8) is 0 Å². The lowest BCUT2D eigenvalue weighted by molar-refractivity contribution is 0.936. The molecule has 0 unspecified atom stereocenters. The maximum atomic E-state index is 8.91. The zero-order valence-electron chi connectivity index (χ0n) is 9.52. The number of rotatable bonds is 1. The number of aromatic nitrogens is 3. The Kier molecular flexibility index (Phi) is 2.45. The Morgan fingerprint density at radius 3 is 2.56 bits per heavy atom. The van der Waals surface area contributed by atoms with E-state index in [0.29, 0.717) is 5.56 Å². The van der Waals surface area contributed by atoms with Gasteiger partial charge in [-0.15, -0.1) is 0 Å². The summed E-state index contributed by atoms with van der Waals surface area (Å²) in [4.78, 5) is 8.62. The van der Waals surface area contributed by atoms with Crippen molar-refractivity contribution in [3.8, 4) is 11.9 Å². The number of pyridine rings is 1. The largest absolute Gasteiger partial charge is 0.287 e. The first-order chi connectivity index (χ1) is 7.61. The van der Waals surface area contributed by atoms with Crippen LogP contribution in [0.25, 0.3) is 5.82 Å². The van der Waals surface area contributed by atoms with Crippen LogP contribution in [0.2, 0.25) is 0 Å². The fraction of sp³-hybridized carbons (Fsp3) is 0.250. The molecule has 0 aliphatic heterocycles. The van der Waals surface area contributed by atoms with E-state index in [9.17, 15) is 0 Å². The van der Waals surface area contributed by atoms with Crippen molar-refractivity contribution < 1.29 is 0 Å². The highest BCUT2D eigenvalue weighted by Crippen LogP contribution is 2.13. The summed E-state index contributed by atoms with van der Waals surface area (Å²) in [6, 6.07) is 5.66. The van der Waals surface area contributed by atoms with Gasteiger partial charge in [-0.25, -0.2) is 9.97 Å². The summed E-state index contributed by atoms with van der Waals surface area (Å²) in [7, 11) is 0. The van der Waals surface area contributed by atoms with Crippen molar-refractivity contribution >= 4 is 0 Å². The van der Waals surface area contributed by atoms with Gasteiger partial charge >= 0.3 is 0 Å². The Bertz CT molecular complexity index is 575. The third-order valence-electron chi connectivity index (χ3n) is 2.57. The van der Waals surface area contributed by atoms with Gasteiger partial charge in [0, 0.05) is 11.4 Å². The summed E-state index contributed by atoms with van der Waals surface area (Å²) in [5.74, 6) is 0.745. The number of nitrogens with zero attached hydrogens (tertiary/aromatic N) is 4. The minimum atomic E-state index is 0.619. The zero-order chi connectivity index (χ0) is 11.7. The number of hydrogen-bond donors (Lipinski definition) is 0. The number of hydrogen-bond acceptors (Lipinski definition) is 3. The van der Waals surface area contributed by atoms with Crippen molar-refractivity contribution in [2.24, 2.45) is 0 Å². The highest BCUT2D eigenvalue weighted by molar-refractivity contribution is 5.39. The van der Waals surface area contributed by atoms with Crippen LogP contribution in [0, 0.1) is 32.1 Å². The summed E-state index contributed by atoms with van der Waals surface area (Å²) in [6.07, 6.45) is 1.73. The van der Waals surface area contributed by atoms with E-state index in [1.165, 1.54) is 0 Å². The molecule has 2 aromatic heterocycles. The second-order valence-corrected chi connectivity index (χ2v) is 3.75. The Morgan fingerprint density at radius 1 is 1.25 bits per heavy atom. The zero-order valence-corrected chi connectivity index (χ0v) is 9.52. The van der Waals surface area contributed by atoms with Crippen molar-refractivity contribution in [1.82, 2.24) is 14.5 Å². The van der Waals surface area contributed by atoms with Crippen molar-refractivity contribution in [2.75, 3.05) is 0 Å². The van der Waals surface area contributed by atoms with Crippen molar-refractivity contribution in [2.45, 2.75) is 20.8 Å². The van der Waals surface area contributed by atoms with Crippen LogP contribution in [0.15, 0.2) is 18.5 Å². The van der Waals surface area contributed by atoms with Gasteiger partial charge in [-0.1, -0.05) is 0 Å². The molecule has 4 heteroatoms. The molecule has 0 bridgehead atoms. The lowest BCUT2D eigenvalue weighted by Gasteiger charge is -2.05. The fourth-order valence-electron chi connectivity index (χ4n) is 1.57. The van der Waals surface area contributed by atoms with Crippen molar-refractivity contribution in [1.29, 1.82) is 5.26 Å². The predicted octanol–water partition coefficient (Wildman–Crippen LogP) is 2.06. The molecular weight excluding hydrogens is 200 g/mol. The van der Waals surface area contributed by atoms with Crippen LogP contribution < -0.4 is 0 Å². The Hall–Kier alpha value is -2.15. The van der Waals surface area contributed by atoms with Crippen LogP contribution in [0.5, 0.6) is 0 Å². The van der Waals surface area contributed by atoms with Gasteiger partial charge in [-0.3, -0.25) is 4.57 Å². The van der Waals surface area contributed by atoms with E-state index in [0.717, 1.165) is 22.9 Å². The monoisotopic (exact) mass is 212 g/mol. The normalized spacial score (nSPS) is 10.1. The molecule has 0 N–H and O–H groups in total. The quantitative estimate of drug-likeness (QED) is 0.727. The molecule has 80 valence electrons. The summed E-state index contributed by atoms with van der Waals surface area (Å²) >= 11 is 0. The van der Waals surface area contributed by atoms with Gasteiger partial charge in [0.25, 0.3) is 0 Å². The van der Waals surface area contributed by atoms with E-state index in [2.05, 4.69) is 16.0 Å². The number of nitriles is 1. The van der Waals surface area contributed by atoms with E-state index in [1.54, 1.807) is 18.5 Å². The third kappa shape index (κ3) is 1.68. The molecule has 0 aliphatic rings. The molecule has 0 saturated carbocycles. The van der Waals surface area contributed by atoms with Gasteiger partial charge in [0.2, 0.25) is 0 Å². The van der Waals surface area contributed by atoms with E-state index >= 15 is 0 Å². The summed E-state index contributed by atoms with van der Waals surface area (Å²) in [5.41, 5.74) is 3.47. The molecule has 0 aromatic carbocycles. The van der Waals surface area contributed by atoms with Crippen LogP contribution in [0.4, 0.5) is 0 Å². The molecular formula is C12H12N4. The van der Waals surface area contributed by atoms with Crippen LogP contribution in [0.3, 0.4) is 0 Å². The van der Waals surface area contributed by atoms with E-state index in [1.807, 2.05) is 25.3 Å². The maximum absolute atomic E-state index is 8.91. The van der Waals surface area contributed by atoms with E-state index in [-0.39, 0.29) is 0 Å². The topological polar surface area (TPSA) is 54.5 Å². The van der Waals surface area contributed by atoms with Crippen LogP contribution in [-0.4, -0.2) is 14.5 Å². The third-order valence-corrected chi connectivity index (χ3v) is 2.57. The van der Waals surface area contributed by atoms with Gasteiger partial charge in [-0.2, -0.15) is 5.26 Å². The van der Waals surface area contributed by atoms with Gasteiger partial charge in [-0.05, 0) is 32.9 Å². The molecule has 16 heavy (non-hydrogen) atoms. The average molecular weight is 212 g/mol. The molecule has 0 aliphatic carbocycles. The number of imidazole rings is 1. The molecule has 0 fully saturated rings. The highest BCUT2D eigenvalue weighted by Gasteiger charge is 2.07. The molecule has 0 amide bonds. The van der Waals surface area contributed by atoms with E-state index < -0.39 is 0 Å². The molecule has 2 aromatic rings. The summed E-state index contributed by atoms with van der Waals surface area (Å²) < 4.78 is 1.89. The SMILES string of the molecule is Cc1cc(C#N)cc(-n2cnc(C)c2C)n1. The molecule has 2 heterocycles. The van der Waals surface area contributed by atoms with Crippen LogP contribution in [0.1, 0.15) is 22.6 Å². The second-order valence-electron chi connectivity index (χ2n) is 3.75. The van der Waals surface area contributed by atoms with Gasteiger partial charge < -0.3 is 0 Å². The first kappa shape index (κ1) is 10.4. The van der Waals surface area contributed by atoms with E-state index in [4.69, 9.17) is 5.26 Å². The standard InChI is InChI=1S/C12H12N4/c1-8-4-11(6-13)5-12(15-8)16-7-14-9(2)10(16)3/h4-5,7H,1-3H3. The Balaban J connectivity index is 2.61. The minimum Gasteiger partial charge on any atom is -0.287 e. The van der Waals surface area contributed by atoms with Crippen LogP contribution >= 0.6 is 0 Å². The lowest BCUT2D eigenvalue weighted by Crippen LogP contribution is -2.00. The Labute approximate surface area is 94.2 Å². The Morgan fingerprint density at radius 2 is 2.00 bits per heavy atom. The maximum Gasteiger partial charge on any atom is 0.139 e. The summed E-state index contributed by atoms with van der Waals surface area (Å²) in [5, 5.41) is 8.91. The van der Waals surface area contributed by atoms with Crippen molar-refractivity contribution in [3.05, 3.63) is 41.1 Å². The van der Waals surface area contributed by atoms with Gasteiger partial charge in [0.15, 0.2) is 0 Å². The fourth-order valence-corrected chi connectivity index (χ4v) is 1.57. The van der Waals surface area contributed by atoms with Gasteiger partial charge in [0.1, 0.15) is 12.1 Å². The molecule has 0 spiro atoms. The molecule has 0 atom stereocenters. The van der Waals surface area contributed by atoms with Crippen LogP contribution in [-0.2, 0) is 0 Å². The average Bonchev–Trinajstić information content (AvgIpc) is 2.59. The molecule has 0 radical (unpaired) electrons.